The Morgan fingerprint density at radius 1 is 1.33 bits per heavy atom. The van der Waals surface area contributed by atoms with Crippen molar-refractivity contribution in [2.45, 2.75) is 6.92 Å². The van der Waals surface area contributed by atoms with Gasteiger partial charge in [0.25, 0.3) is 0 Å². The Bertz CT molecular complexity index is 595. The third-order valence-electron chi connectivity index (χ3n) is 2.38. The average Bonchev–Trinajstić information content (AvgIpc) is 2.86. The standard InChI is InChI=1S/C11H9N3S/c1-7-3-2-4-8-10(7)14-11(13-8)9-5-12-6-15-9/h2-6H,1H3,(H,13,14). The van der Waals surface area contributed by atoms with Crippen molar-refractivity contribution < 1.29 is 0 Å². The zero-order valence-electron chi connectivity index (χ0n) is 8.19. The minimum atomic E-state index is 0.904. The van der Waals surface area contributed by atoms with Crippen molar-refractivity contribution in [1.82, 2.24) is 15.0 Å². The number of hydrogen-bond acceptors (Lipinski definition) is 3. The van der Waals surface area contributed by atoms with Gasteiger partial charge in [0.2, 0.25) is 0 Å². The molecule has 0 aliphatic carbocycles. The lowest BCUT2D eigenvalue weighted by Gasteiger charge is -1.90. The highest BCUT2D eigenvalue weighted by molar-refractivity contribution is 7.13. The summed E-state index contributed by atoms with van der Waals surface area (Å²) in [6, 6.07) is 6.14. The van der Waals surface area contributed by atoms with Gasteiger partial charge in [0.15, 0.2) is 0 Å². The summed E-state index contributed by atoms with van der Waals surface area (Å²) in [5.41, 5.74) is 5.13. The topological polar surface area (TPSA) is 41.6 Å². The van der Waals surface area contributed by atoms with Gasteiger partial charge in [0, 0.05) is 6.20 Å². The molecule has 4 heteroatoms. The summed E-state index contributed by atoms with van der Waals surface area (Å²) in [6.45, 7) is 2.07. The van der Waals surface area contributed by atoms with Gasteiger partial charge in [0.1, 0.15) is 5.82 Å². The molecule has 0 unspecified atom stereocenters. The van der Waals surface area contributed by atoms with Gasteiger partial charge < -0.3 is 4.98 Å². The van der Waals surface area contributed by atoms with E-state index < -0.39 is 0 Å². The highest BCUT2D eigenvalue weighted by Gasteiger charge is 2.07. The van der Waals surface area contributed by atoms with E-state index in [2.05, 4.69) is 27.9 Å². The minimum Gasteiger partial charge on any atom is -0.337 e. The molecule has 15 heavy (non-hydrogen) atoms. The average molecular weight is 215 g/mol. The first-order valence-electron chi connectivity index (χ1n) is 4.69. The van der Waals surface area contributed by atoms with Crippen LogP contribution >= 0.6 is 11.3 Å². The SMILES string of the molecule is Cc1cccc2[nH]c(-c3cncs3)nc12. The Morgan fingerprint density at radius 3 is 3.00 bits per heavy atom. The zero-order valence-corrected chi connectivity index (χ0v) is 9.01. The van der Waals surface area contributed by atoms with Crippen LogP contribution in [0.5, 0.6) is 0 Å². The molecule has 0 aliphatic rings. The smallest absolute Gasteiger partial charge is 0.150 e. The fourth-order valence-electron chi connectivity index (χ4n) is 1.62. The summed E-state index contributed by atoms with van der Waals surface area (Å²) in [4.78, 5) is 13.0. The van der Waals surface area contributed by atoms with Crippen LogP contribution in [0.3, 0.4) is 0 Å². The van der Waals surface area contributed by atoms with E-state index in [0.29, 0.717) is 0 Å². The number of imidazole rings is 1. The van der Waals surface area contributed by atoms with E-state index in [9.17, 15) is 0 Å². The van der Waals surface area contributed by atoms with Crippen LogP contribution in [0, 0.1) is 6.92 Å². The second-order valence-electron chi connectivity index (χ2n) is 3.42. The highest BCUT2D eigenvalue weighted by atomic mass is 32.1. The molecule has 0 aliphatic heterocycles. The molecule has 0 radical (unpaired) electrons. The van der Waals surface area contributed by atoms with Crippen molar-refractivity contribution in [1.29, 1.82) is 0 Å². The van der Waals surface area contributed by atoms with Crippen molar-refractivity contribution >= 4 is 22.4 Å². The first kappa shape index (κ1) is 8.61. The lowest BCUT2D eigenvalue weighted by atomic mass is 10.2. The van der Waals surface area contributed by atoms with E-state index in [0.717, 1.165) is 21.7 Å². The first-order chi connectivity index (χ1) is 7.34. The Balaban J connectivity index is 2.27. The largest absolute Gasteiger partial charge is 0.337 e. The Hall–Kier alpha value is -1.68. The van der Waals surface area contributed by atoms with Crippen LogP contribution in [0.15, 0.2) is 29.9 Å². The molecular weight excluding hydrogens is 206 g/mol. The number of benzene rings is 1. The highest BCUT2D eigenvalue weighted by Crippen LogP contribution is 2.24. The normalized spacial score (nSPS) is 11.0. The van der Waals surface area contributed by atoms with Gasteiger partial charge in [-0.3, -0.25) is 4.98 Å². The molecule has 3 aromatic rings. The molecule has 0 amide bonds. The van der Waals surface area contributed by atoms with Gasteiger partial charge in [0.05, 0.1) is 21.4 Å². The molecule has 0 saturated heterocycles. The predicted molar refractivity (Wildman–Crippen MR) is 61.9 cm³/mol. The molecule has 0 atom stereocenters. The van der Waals surface area contributed by atoms with Crippen molar-refractivity contribution in [3.8, 4) is 10.7 Å². The Morgan fingerprint density at radius 2 is 2.27 bits per heavy atom. The van der Waals surface area contributed by atoms with Gasteiger partial charge in [-0.2, -0.15) is 0 Å². The number of nitrogens with zero attached hydrogens (tertiary/aromatic N) is 2. The number of hydrogen-bond donors (Lipinski definition) is 1. The van der Waals surface area contributed by atoms with E-state index in [1.807, 2.05) is 23.8 Å². The lowest BCUT2D eigenvalue weighted by Crippen LogP contribution is -1.75. The molecule has 0 saturated carbocycles. The summed E-state index contributed by atoms with van der Waals surface area (Å²) in [5, 5.41) is 0. The first-order valence-corrected chi connectivity index (χ1v) is 5.57. The number of aromatic nitrogens is 3. The summed E-state index contributed by atoms with van der Waals surface area (Å²) >= 11 is 1.59. The number of aryl methyl sites for hydroxylation is 1. The number of rotatable bonds is 1. The number of nitrogens with one attached hydrogen (secondary N) is 1. The van der Waals surface area contributed by atoms with Crippen molar-refractivity contribution in [3.63, 3.8) is 0 Å². The molecule has 0 spiro atoms. The fraction of sp³-hybridized carbons (Fsp3) is 0.0909. The summed E-state index contributed by atoms with van der Waals surface area (Å²) in [7, 11) is 0. The number of thiazole rings is 1. The minimum absolute atomic E-state index is 0.904. The van der Waals surface area contributed by atoms with Crippen LogP contribution in [-0.2, 0) is 0 Å². The van der Waals surface area contributed by atoms with Crippen LogP contribution < -0.4 is 0 Å². The van der Waals surface area contributed by atoms with Crippen LogP contribution in [0.25, 0.3) is 21.7 Å². The second kappa shape index (κ2) is 3.17. The maximum Gasteiger partial charge on any atom is 0.150 e. The van der Waals surface area contributed by atoms with E-state index in [1.54, 1.807) is 11.3 Å². The van der Waals surface area contributed by atoms with E-state index in [4.69, 9.17) is 0 Å². The van der Waals surface area contributed by atoms with Crippen LogP contribution in [0.4, 0.5) is 0 Å². The van der Waals surface area contributed by atoms with Gasteiger partial charge in [-0.25, -0.2) is 4.98 Å². The summed E-state index contributed by atoms with van der Waals surface area (Å²) in [5.74, 6) is 0.904. The number of aromatic amines is 1. The molecule has 2 aromatic heterocycles. The zero-order chi connectivity index (χ0) is 10.3. The van der Waals surface area contributed by atoms with Crippen molar-refractivity contribution in [3.05, 3.63) is 35.5 Å². The quantitative estimate of drug-likeness (QED) is 0.678. The van der Waals surface area contributed by atoms with Gasteiger partial charge in [-0.15, -0.1) is 11.3 Å². The molecule has 1 N–H and O–H groups in total. The maximum atomic E-state index is 4.57. The predicted octanol–water partition coefficient (Wildman–Crippen LogP) is 2.99. The lowest BCUT2D eigenvalue weighted by molar-refractivity contribution is 1.33. The van der Waals surface area contributed by atoms with Crippen LogP contribution in [0.1, 0.15) is 5.56 Å². The molecular formula is C11H9N3S. The molecule has 0 fully saturated rings. The van der Waals surface area contributed by atoms with Gasteiger partial charge >= 0.3 is 0 Å². The maximum absolute atomic E-state index is 4.57. The molecule has 1 aromatic carbocycles. The van der Waals surface area contributed by atoms with Gasteiger partial charge in [-0.05, 0) is 18.6 Å². The summed E-state index contributed by atoms with van der Waals surface area (Å²) < 4.78 is 0. The number of fused-ring (bicyclic) bond motifs is 1. The Labute approximate surface area is 90.8 Å². The van der Waals surface area contributed by atoms with Crippen LogP contribution in [0.2, 0.25) is 0 Å². The van der Waals surface area contributed by atoms with Crippen LogP contribution in [-0.4, -0.2) is 15.0 Å². The Kier molecular flexibility index (Phi) is 1.82. The molecule has 0 bridgehead atoms. The monoisotopic (exact) mass is 215 g/mol. The van der Waals surface area contributed by atoms with Crippen molar-refractivity contribution in [2.24, 2.45) is 0 Å². The fourth-order valence-corrected chi connectivity index (χ4v) is 2.19. The molecule has 3 nitrogen and oxygen atoms in total. The van der Waals surface area contributed by atoms with E-state index >= 15 is 0 Å². The third-order valence-corrected chi connectivity index (χ3v) is 3.16. The molecule has 3 rings (SSSR count). The molecule has 2 heterocycles. The third kappa shape index (κ3) is 1.34. The van der Waals surface area contributed by atoms with E-state index in [1.165, 1.54) is 5.56 Å². The van der Waals surface area contributed by atoms with Gasteiger partial charge in [-0.1, -0.05) is 12.1 Å². The number of para-hydroxylation sites is 1. The van der Waals surface area contributed by atoms with E-state index in [-0.39, 0.29) is 0 Å². The second-order valence-corrected chi connectivity index (χ2v) is 4.31. The number of H-pyrrole nitrogens is 1. The summed E-state index contributed by atoms with van der Waals surface area (Å²) in [6.07, 6.45) is 1.83. The van der Waals surface area contributed by atoms with Crippen molar-refractivity contribution in [2.75, 3.05) is 0 Å². The molecule has 74 valence electrons.